The fraction of sp³-hybridized carbons (Fsp3) is 0.364. The minimum atomic E-state index is -0.936. The number of nitrogen functional groups attached to an aromatic ring is 1. The Labute approximate surface area is 88.7 Å². The smallest absolute Gasteiger partial charge is 0.333 e. The van der Waals surface area contributed by atoms with Crippen molar-refractivity contribution in [1.82, 2.24) is 0 Å². The van der Waals surface area contributed by atoms with Gasteiger partial charge in [0.2, 0.25) is 0 Å². The van der Waals surface area contributed by atoms with Crippen LogP contribution in [-0.2, 0) is 16.0 Å². The summed E-state index contributed by atoms with van der Waals surface area (Å²) in [5, 5.41) is 8.87. The first-order valence-corrected chi connectivity index (χ1v) is 4.82. The van der Waals surface area contributed by atoms with Crippen LogP contribution in [0.15, 0.2) is 24.3 Å². The van der Waals surface area contributed by atoms with Gasteiger partial charge in [0, 0.05) is 18.7 Å². The number of benzene rings is 1. The fourth-order valence-electron chi connectivity index (χ4n) is 1.29. The van der Waals surface area contributed by atoms with Crippen molar-refractivity contribution in [3.8, 4) is 0 Å². The van der Waals surface area contributed by atoms with Gasteiger partial charge in [0.1, 0.15) is 0 Å². The van der Waals surface area contributed by atoms with Gasteiger partial charge in [-0.05, 0) is 24.6 Å². The summed E-state index contributed by atoms with van der Waals surface area (Å²) in [6.07, 6.45) is -0.415. The Morgan fingerprint density at radius 1 is 1.47 bits per heavy atom. The van der Waals surface area contributed by atoms with Gasteiger partial charge in [-0.3, -0.25) is 0 Å². The number of hydrogen-bond donors (Lipinski definition) is 2. The number of carbonyl (C=O) groups is 1. The van der Waals surface area contributed by atoms with Gasteiger partial charge in [0.15, 0.2) is 6.10 Å². The molecule has 1 rings (SSSR count). The molecule has 0 radical (unpaired) electrons. The third-order valence-electron chi connectivity index (χ3n) is 2.04. The van der Waals surface area contributed by atoms with Crippen LogP contribution in [0.2, 0.25) is 0 Å². The average molecular weight is 209 g/mol. The zero-order valence-corrected chi connectivity index (χ0v) is 8.64. The maximum atomic E-state index is 10.8. The number of rotatable bonds is 5. The molecule has 15 heavy (non-hydrogen) atoms. The van der Waals surface area contributed by atoms with Gasteiger partial charge >= 0.3 is 5.97 Å². The van der Waals surface area contributed by atoms with E-state index in [1.165, 1.54) is 0 Å². The van der Waals surface area contributed by atoms with E-state index in [0.29, 0.717) is 18.7 Å². The lowest BCUT2D eigenvalue weighted by Gasteiger charge is -2.12. The predicted molar refractivity (Wildman–Crippen MR) is 57.6 cm³/mol. The molecule has 0 aliphatic rings. The second-order valence-corrected chi connectivity index (χ2v) is 3.23. The van der Waals surface area contributed by atoms with E-state index in [2.05, 4.69) is 0 Å². The van der Waals surface area contributed by atoms with Gasteiger partial charge in [-0.25, -0.2) is 4.79 Å². The summed E-state index contributed by atoms with van der Waals surface area (Å²) in [7, 11) is 0. The highest BCUT2D eigenvalue weighted by Gasteiger charge is 2.17. The normalized spacial score (nSPS) is 12.3. The molecule has 0 amide bonds. The van der Waals surface area contributed by atoms with Crippen molar-refractivity contribution < 1.29 is 14.6 Å². The molecule has 3 N–H and O–H groups in total. The summed E-state index contributed by atoms with van der Waals surface area (Å²) < 4.78 is 5.11. The lowest BCUT2D eigenvalue weighted by Crippen LogP contribution is -2.26. The number of anilines is 1. The molecule has 0 fully saturated rings. The molecule has 4 heteroatoms. The Kier molecular flexibility index (Phi) is 4.12. The fourth-order valence-corrected chi connectivity index (χ4v) is 1.29. The molecule has 1 unspecified atom stereocenters. The molecule has 0 aliphatic carbocycles. The molecule has 0 heterocycles. The van der Waals surface area contributed by atoms with Crippen molar-refractivity contribution in [3.63, 3.8) is 0 Å². The maximum Gasteiger partial charge on any atom is 0.333 e. The van der Waals surface area contributed by atoms with Crippen molar-refractivity contribution in [2.24, 2.45) is 0 Å². The second kappa shape index (κ2) is 5.36. The van der Waals surface area contributed by atoms with E-state index in [0.717, 1.165) is 5.56 Å². The third-order valence-corrected chi connectivity index (χ3v) is 2.04. The number of nitrogens with two attached hydrogens (primary N) is 1. The number of carboxylic acid groups (broad SMARTS) is 1. The molecule has 0 saturated carbocycles. The molecular formula is C11H15NO3. The van der Waals surface area contributed by atoms with E-state index in [-0.39, 0.29) is 0 Å². The average Bonchev–Trinajstić information content (AvgIpc) is 2.20. The molecule has 1 atom stereocenters. The largest absolute Gasteiger partial charge is 0.479 e. The van der Waals surface area contributed by atoms with E-state index in [1.54, 1.807) is 19.1 Å². The summed E-state index contributed by atoms with van der Waals surface area (Å²) in [5.41, 5.74) is 7.10. The van der Waals surface area contributed by atoms with Crippen LogP contribution in [0.25, 0.3) is 0 Å². The van der Waals surface area contributed by atoms with Crippen molar-refractivity contribution in [3.05, 3.63) is 29.8 Å². The second-order valence-electron chi connectivity index (χ2n) is 3.23. The lowest BCUT2D eigenvalue weighted by molar-refractivity contribution is -0.149. The highest BCUT2D eigenvalue weighted by molar-refractivity contribution is 5.72. The Bertz CT molecular complexity index is 321. The van der Waals surface area contributed by atoms with Crippen molar-refractivity contribution in [2.75, 3.05) is 12.3 Å². The molecule has 0 bridgehead atoms. The summed E-state index contributed by atoms with van der Waals surface area (Å²) in [4.78, 5) is 10.8. The van der Waals surface area contributed by atoms with Crippen LogP contribution in [0, 0.1) is 0 Å². The lowest BCUT2D eigenvalue weighted by atomic mass is 10.1. The zero-order chi connectivity index (χ0) is 11.3. The SMILES string of the molecule is CCOC(Cc1ccc(N)cc1)C(=O)O. The van der Waals surface area contributed by atoms with Crippen molar-refractivity contribution in [1.29, 1.82) is 0 Å². The van der Waals surface area contributed by atoms with Crippen LogP contribution in [0.5, 0.6) is 0 Å². The molecule has 4 nitrogen and oxygen atoms in total. The minimum absolute atomic E-state index is 0.365. The summed E-state index contributed by atoms with van der Waals surface area (Å²) in [6, 6.07) is 7.12. The Hall–Kier alpha value is -1.55. The quantitative estimate of drug-likeness (QED) is 0.717. The molecule has 0 saturated heterocycles. The number of hydrogen-bond acceptors (Lipinski definition) is 3. The molecular weight excluding hydrogens is 194 g/mol. The summed E-state index contributed by atoms with van der Waals surface area (Å²) in [6.45, 7) is 2.17. The molecule has 0 aromatic heterocycles. The van der Waals surface area contributed by atoms with Crippen LogP contribution < -0.4 is 5.73 Å². The Morgan fingerprint density at radius 3 is 2.53 bits per heavy atom. The number of carboxylic acids is 1. The third kappa shape index (κ3) is 3.59. The highest BCUT2D eigenvalue weighted by Crippen LogP contribution is 2.09. The Morgan fingerprint density at radius 2 is 2.07 bits per heavy atom. The maximum absolute atomic E-state index is 10.8. The molecule has 82 valence electrons. The van der Waals surface area contributed by atoms with Crippen LogP contribution in [0.3, 0.4) is 0 Å². The first kappa shape index (κ1) is 11.5. The molecule has 0 spiro atoms. The van der Waals surface area contributed by atoms with E-state index in [9.17, 15) is 4.79 Å². The van der Waals surface area contributed by atoms with Crippen LogP contribution >= 0.6 is 0 Å². The predicted octanol–water partition coefficient (Wildman–Crippen LogP) is 1.30. The number of ether oxygens (including phenoxy) is 1. The number of aliphatic carboxylic acids is 1. The van der Waals surface area contributed by atoms with Gasteiger partial charge in [0.25, 0.3) is 0 Å². The summed E-state index contributed by atoms with van der Waals surface area (Å²) in [5.74, 6) is -0.936. The van der Waals surface area contributed by atoms with Crippen LogP contribution in [0.4, 0.5) is 5.69 Å². The van der Waals surface area contributed by atoms with Gasteiger partial charge < -0.3 is 15.6 Å². The van der Waals surface area contributed by atoms with Gasteiger partial charge in [-0.1, -0.05) is 12.1 Å². The first-order chi connectivity index (χ1) is 7.13. The summed E-state index contributed by atoms with van der Waals surface area (Å²) >= 11 is 0. The van der Waals surface area contributed by atoms with Gasteiger partial charge in [-0.15, -0.1) is 0 Å². The van der Waals surface area contributed by atoms with Gasteiger partial charge in [0.05, 0.1) is 0 Å². The molecule has 0 aliphatic heterocycles. The van der Waals surface area contributed by atoms with E-state index >= 15 is 0 Å². The Balaban J connectivity index is 2.65. The molecule has 1 aromatic rings. The van der Waals surface area contributed by atoms with Gasteiger partial charge in [-0.2, -0.15) is 0 Å². The minimum Gasteiger partial charge on any atom is -0.479 e. The topological polar surface area (TPSA) is 72.5 Å². The standard InChI is InChI=1S/C11H15NO3/c1-2-15-10(11(13)14)7-8-3-5-9(12)6-4-8/h3-6,10H,2,7,12H2,1H3,(H,13,14). The monoisotopic (exact) mass is 209 g/mol. The molecule has 1 aromatic carbocycles. The van der Waals surface area contributed by atoms with E-state index in [4.69, 9.17) is 15.6 Å². The van der Waals surface area contributed by atoms with Crippen molar-refractivity contribution >= 4 is 11.7 Å². The van der Waals surface area contributed by atoms with Crippen LogP contribution in [-0.4, -0.2) is 23.8 Å². The van der Waals surface area contributed by atoms with E-state index in [1.807, 2.05) is 12.1 Å². The van der Waals surface area contributed by atoms with Crippen LogP contribution in [0.1, 0.15) is 12.5 Å². The first-order valence-electron chi connectivity index (χ1n) is 4.82. The highest BCUT2D eigenvalue weighted by atomic mass is 16.5. The zero-order valence-electron chi connectivity index (χ0n) is 8.64. The van der Waals surface area contributed by atoms with E-state index < -0.39 is 12.1 Å². The van der Waals surface area contributed by atoms with Crippen molar-refractivity contribution in [2.45, 2.75) is 19.4 Å².